The van der Waals surface area contributed by atoms with E-state index in [2.05, 4.69) is 0 Å². The molecule has 0 atom stereocenters. The van der Waals surface area contributed by atoms with E-state index in [1.807, 2.05) is 42.5 Å². The molecule has 0 amide bonds. The van der Waals surface area contributed by atoms with Gasteiger partial charge in [-0.05, 0) is 12.0 Å². The van der Waals surface area contributed by atoms with Crippen molar-refractivity contribution >= 4 is 6.08 Å². The number of rotatable bonds is 3. The van der Waals surface area contributed by atoms with Crippen molar-refractivity contribution in [3.8, 4) is 0 Å². The van der Waals surface area contributed by atoms with Crippen LogP contribution in [0.1, 0.15) is 12.0 Å². The van der Waals surface area contributed by atoms with Crippen LogP contribution in [-0.4, -0.2) is 6.17 Å². The Morgan fingerprint density at radius 2 is 1.83 bits per heavy atom. The average Bonchev–Trinajstić information content (AvgIpc) is 2.05. The molecule has 2 nitrogen and oxygen atoms in total. The third-order valence-electron chi connectivity index (χ3n) is 1.52. The summed E-state index contributed by atoms with van der Waals surface area (Å²) in [5, 5.41) is 0. The average molecular weight is 162 g/mol. The van der Waals surface area contributed by atoms with E-state index in [0.717, 1.165) is 6.42 Å². The van der Waals surface area contributed by atoms with Crippen LogP contribution < -0.4 is 11.5 Å². The van der Waals surface area contributed by atoms with Gasteiger partial charge in [-0.3, -0.25) is 0 Å². The lowest BCUT2D eigenvalue weighted by Crippen LogP contribution is -2.29. The second-order valence-corrected chi connectivity index (χ2v) is 2.71. The molecular weight excluding hydrogens is 148 g/mol. The molecule has 4 N–H and O–H groups in total. The summed E-state index contributed by atoms with van der Waals surface area (Å²) >= 11 is 0. The predicted octanol–water partition coefficient (Wildman–Crippen LogP) is 1.33. The smallest absolute Gasteiger partial charge is 0.0556 e. The first-order valence-corrected chi connectivity index (χ1v) is 4.02. The van der Waals surface area contributed by atoms with E-state index in [4.69, 9.17) is 11.5 Å². The summed E-state index contributed by atoms with van der Waals surface area (Å²) in [5.41, 5.74) is 11.9. The first-order chi connectivity index (χ1) is 5.79. The predicted molar refractivity (Wildman–Crippen MR) is 52.3 cm³/mol. The molecule has 0 aliphatic carbocycles. The van der Waals surface area contributed by atoms with Crippen molar-refractivity contribution in [3.63, 3.8) is 0 Å². The van der Waals surface area contributed by atoms with Crippen LogP contribution in [0.3, 0.4) is 0 Å². The van der Waals surface area contributed by atoms with Crippen LogP contribution in [0.4, 0.5) is 0 Å². The van der Waals surface area contributed by atoms with Gasteiger partial charge in [-0.15, -0.1) is 0 Å². The minimum absolute atomic E-state index is 0.245. The Balaban J connectivity index is 2.47. The monoisotopic (exact) mass is 162 g/mol. The standard InChI is InChI=1S/C10H14N2/c11-10(12)8-4-7-9-5-2-1-3-6-9/h1-7,10H,8,11-12H2. The van der Waals surface area contributed by atoms with Crippen molar-refractivity contribution in [1.29, 1.82) is 0 Å². The molecule has 2 heteroatoms. The van der Waals surface area contributed by atoms with Crippen LogP contribution in [0.5, 0.6) is 0 Å². The van der Waals surface area contributed by atoms with E-state index in [1.54, 1.807) is 0 Å². The van der Waals surface area contributed by atoms with Gasteiger partial charge in [0.25, 0.3) is 0 Å². The van der Waals surface area contributed by atoms with Gasteiger partial charge >= 0.3 is 0 Å². The molecule has 0 aromatic heterocycles. The van der Waals surface area contributed by atoms with Gasteiger partial charge in [-0.2, -0.15) is 0 Å². The Hall–Kier alpha value is -1.12. The van der Waals surface area contributed by atoms with Gasteiger partial charge < -0.3 is 11.5 Å². The summed E-state index contributed by atoms with van der Waals surface area (Å²) in [6.07, 6.45) is 4.48. The summed E-state index contributed by atoms with van der Waals surface area (Å²) in [6.45, 7) is 0. The summed E-state index contributed by atoms with van der Waals surface area (Å²) in [5.74, 6) is 0. The molecule has 1 rings (SSSR count). The van der Waals surface area contributed by atoms with Gasteiger partial charge in [0.2, 0.25) is 0 Å². The summed E-state index contributed by atoms with van der Waals surface area (Å²) in [7, 11) is 0. The number of nitrogens with two attached hydrogens (primary N) is 2. The quantitative estimate of drug-likeness (QED) is 0.659. The molecule has 12 heavy (non-hydrogen) atoms. The Morgan fingerprint density at radius 1 is 1.17 bits per heavy atom. The van der Waals surface area contributed by atoms with Crippen molar-refractivity contribution < 1.29 is 0 Å². The van der Waals surface area contributed by atoms with Crippen molar-refractivity contribution in [2.75, 3.05) is 0 Å². The Morgan fingerprint density at radius 3 is 2.42 bits per heavy atom. The molecule has 0 aliphatic rings. The van der Waals surface area contributed by atoms with Crippen molar-refractivity contribution in [3.05, 3.63) is 42.0 Å². The fraction of sp³-hybridized carbons (Fsp3) is 0.200. The van der Waals surface area contributed by atoms with E-state index in [1.165, 1.54) is 5.56 Å². The number of hydrogen-bond donors (Lipinski definition) is 2. The topological polar surface area (TPSA) is 52.0 Å². The van der Waals surface area contributed by atoms with E-state index in [-0.39, 0.29) is 6.17 Å². The lowest BCUT2D eigenvalue weighted by Gasteiger charge is -1.97. The molecule has 0 heterocycles. The zero-order valence-corrected chi connectivity index (χ0v) is 6.98. The van der Waals surface area contributed by atoms with Crippen LogP contribution in [0.25, 0.3) is 6.08 Å². The van der Waals surface area contributed by atoms with Gasteiger partial charge in [0.1, 0.15) is 0 Å². The van der Waals surface area contributed by atoms with Gasteiger partial charge in [0.15, 0.2) is 0 Å². The SMILES string of the molecule is NC(N)CC=Cc1ccccc1. The lowest BCUT2D eigenvalue weighted by molar-refractivity contribution is 0.722. The van der Waals surface area contributed by atoms with Crippen LogP contribution in [0.15, 0.2) is 36.4 Å². The maximum Gasteiger partial charge on any atom is 0.0556 e. The largest absolute Gasteiger partial charge is 0.316 e. The molecule has 64 valence electrons. The molecular formula is C10H14N2. The molecule has 1 aromatic carbocycles. The van der Waals surface area contributed by atoms with E-state index < -0.39 is 0 Å². The highest BCUT2D eigenvalue weighted by Crippen LogP contribution is 2.01. The first kappa shape index (κ1) is 8.97. The van der Waals surface area contributed by atoms with Gasteiger partial charge in [0.05, 0.1) is 6.17 Å². The maximum atomic E-state index is 5.38. The molecule has 0 unspecified atom stereocenters. The van der Waals surface area contributed by atoms with Crippen LogP contribution in [-0.2, 0) is 0 Å². The van der Waals surface area contributed by atoms with E-state index in [9.17, 15) is 0 Å². The first-order valence-electron chi connectivity index (χ1n) is 4.02. The zero-order valence-electron chi connectivity index (χ0n) is 6.98. The summed E-state index contributed by atoms with van der Waals surface area (Å²) in [4.78, 5) is 0. The van der Waals surface area contributed by atoms with Crippen molar-refractivity contribution in [2.24, 2.45) is 11.5 Å². The molecule has 0 aliphatic heterocycles. The second kappa shape index (κ2) is 4.70. The molecule has 0 radical (unpaired) electrons. The minimum atomic E-state index is -0.245. The van der Waals surface area contributed by atoms with Crippen molar-refractivity contribution in [1.82, 2.24) is 0 Å². The molecule has 1 aromatic rings. The number of hydrogen-bond acceptors (Lipinski definition) is 2. The third kappa shape index (κ3) is 3.32. The van der Waals surface area contributed by atoms with Crippen LogP contribution >= 0.6 is 0 Å². The highest BCUT2D eigenvalue weighted by atomic mass is 14.8. The Labute approximate surface area is 72.9 Å². The second-order valence-electron chi connectivity index (χ2n) is 2.71. The van der Waals surface area contributed by atoms with Gasteiger partial charge in [-0.25, -0.2) is 0 Å². The van der Waals surface area contributed by atoms with E-state index in [0.29, 0.717) is 0 Å². The van der Waals surface area contributed by atoms with Crippen LogP contribution in [0.2, 0.25) is 0 Å². The van der Waals surface area contributed by atoms with Crippen LogP contribution in [0, 0.1) is 0 Å². The molecule has 0 spiro atoms. The zero-order chi connectivity index (χ0) is 8.81. The third-order valence-corrected chi connectivity index (χ3v) is 1.52. The highest BCUT2D eigenvalue weighted by molar-refractivity contribution is 5.48. The Bertz CT molecular complexity index is 239. The van der Waals surface area contributed by atoms with Crippen molar-refractivity contribution in [2.45, 2.75) is 12.6 Å². The fourth-order valence-electron chi connectivity index (χ4n) is 0.925. The van der Waals surface area contributed by atoms with E-state index >= 15 is 0 Å². The minimum Gasteiger partial charge on any atom is -0.316 e. The lowest BCUT2D eigenvalue weighted by atomic mass is 10.2. The normalized spacial score (nSPS) is 11.2. The van der Waals surface area contributed by atoms with Gasteiger partial charge in [0, 0.05) is 0 Å². The molecule has 0 fully saturated rings. The molecule has 0 bridgehead atoms. The fourth-order valence-corrected chi connectivity index (χ4v) is 0.925. The number of benzene rings is 1. The van der Waals surface area contributed by atoms with Gasteiger partial charge in [-0.1, -0.05) is 42.5 Å². The molecule has 0 saturated carbocycles. The highest BCUT2D eigenvalue weighted by Gasteiger charge is 1.87. The summed E-state index contributed by atoms with van der Waals surface area (Å²) in [6, 6.07) is 10.1. The summed E-state index contributed by atoms with van der Waals surface area (Å²) < 4.78 is 0. The maximum absolute atomic E-state index is 5.38. The Kier molecular flexibility index (Phi) is 3.51. The molecule has 0 saturated heterocycles.